The molecule has 158 valence electrons. The van der Waals surface area contributed by atoms with Gasteiger partial charge in [0.1, 0.15) is 11.9 Å². The minimum absolute atomic E-state index is 0.200. The molecule has 0 bridgehead atoms. The third kappa shape index (κ3) is 4.53. The molecular formula is C25H25N3O3. The monoisotopic (exact) mass is 415 g/mol. The van der Waals surface area contributed by atoms with Crippen LogP contribution >= 0.6 is 0 Å². The minimum atomic E-state index is -0.538. The highest BCUT2D eigenvalue weighted by atomic mass is 16.5. The van der Waals surface area contributed by atoms with Crippen LogP contribution in [0.3, 0.4) is 0 Å². The van der Waals surface area contributed by atoms with Gasteiger partial charge in [0.2, 0.25) is 0 Å². The summed E-state index contributed by atoms with van der Waals surface area (Å²) in [5, 5.41) is 4.71. The highest BCUT2D eigenvalue weighted by molar-refractivity contribution is 6.02. The lowest BCUT2D eigenvalue weighted by Gasteiger charge is -2.37. The molecule has 1 heterocycles. The lowest BCUT2D eigenvalue weighted by atomic mass is 9.99. The topological polar surface area (TPSA) is 70.7 Å². The summed E-state index contributed by atoms with van der Waals surface area (Å²) in [4.78, 5) is 25.8. The number of para-hydroxylation sites is 2. The van der Waals surface area contributed by atoms with Crippen LogP contribution in [0, 0.1) is 0 Å². The third-order valence-electron chi connectivity index (χ3n) is 5.20. The molecule has 31 heavy (non-hydrogen) atoms. The van der Waals surface area contributed by atoms with Gasteiger partial charge in [-0.2, -0.15) is 0 Å². The van der Waals surface area contributed by atoms with Crippen molar-refractivity contribution >= 4 is 17.5 Å². The van der Waals surface area contributed by atoms with Crippen molar-refractivity contribution in [1.29, 1.82) is 0 Å². The molecule has 6 nitrogen and oxygen atoms in total. The molecule has 3 aromatic carbocycles. The second kappa shape index (κ2) is 8.92. The van der Waals surface area contributed by atoms with Crippen LogP contribution in [0.2, 0.25) is 0 Å². The Kier molecular flexibility index (Phi) is 5.89. The first-order valence-corrected chi connectivity index (χ1v) is 10.3. The Morgan fingerprint density at radius 3 is 2.39 bits per heavy atom. The van der Waals surface area contributed by atoms with Gasteiger partial charge in [0, 0.05) is 5.69 Å². The standard InChI is InChI=1S/C25H25N3O3/c1-17(2)18-12-14-19(15-13-18)24-26-22-11-7-6-10-21(22)25(30)28(24)27-23(29)16-31-20-8-4-3-5-9-20/h3-15,17,24,26H,16H2,1-2H3,(H,27,29). The van der Waals surface area contributed by atoms with E-state index in [4.69, 9.17) is 4.74 Å². The van der Waals surface area contributed by atoms with Crippen molar-refractivity contribution in [1.82, 2.24) is 10.4 Å². The van der Waals surface area contributed by atoms with Crippen molar-refractivity contribution in [3.63, 3.8) is 0 Å². The Balaban J connectivity index is 1.57. The predicted octanol–water partition coefficient (Wildman–Crippen LogP) is 4.49. The number of hydrogen-bond donors (Lipinski definition) is 2. The first-order valence-electron chi connectivity index (χ1n) is 10.3. The Bertz CT molecular complexity index is 1060. The van der Waals surface area contributed by atoms with Crippen molar-refractivity contribution in [3.8, 4) is 5.75 Å². The number of fused-ring (bicyclic) bond motifs is 1. The average molecular weight is 415 g/mol. The summed E-state index contributed by atoms with van der Waals surface area (Å²) in [6.45, 7) is 4.06. The number of hydrazine groups is 1. The predicted molar refractivity (Wildman–Crippen MR) is 120 cm³/mol. The van der Waals surface area contributed by atoms with E-state index in [0.29, 0.717) is 17.2 Å². The smallest absolute Gasteiger partial charge is 0.276 e. The molecule has 6 heteroatoms. The number of anilines is 1. The molecule has 0 fully saturated rings. The fraction of sp³-hybridized carbons (Fsp3) is 0.200. The molecule has 1 aliphatic heterocycles. The number of nitrogens with zero attached hydrogens (tertiary/aromatic N) is 1. The van der Waals surface area contributed by atoms with E-state index in [1.54, 1.807) is 24.3 Å². The molecule has 0 radical (unpaired) electrons. The van der Waals surface area contributed by atoms with Gasteiger partial charge in [-0.15, -0.1) is 0 Å². The largest absolute Gasteiger partial charge is 0.484 e. The summed E-state index contributed by atoms with van der Waals surface area (Å²) in [5.41, 5.74) is 6.04. The molecule has 1 atom stereocenters. The fourth-order valence-electron chi connectivity index (χ4n) is 3.50. The second-order valence-corrected chi connectivity index (χ2v) is 7.73. The molecule has 4 rings (SSSR count). The average Bonchev–Trinajstić information content (AvgIpc) is 2.80. The van der Waals surface area contributed by atoms with Crippen LogP contribution in [0.1, 0.15) is 47.4 Å². The van der Waals surface area contributed by atoms with Gasteiger partial charge in [-0.05, 0) is 41.3 Å². The molecule has 1 unspecified atom stereocenters. The Labute approximate surface area is 181 Å². The van der Waals surface area contributed by atoms with Crippen molar-refractivity contribution in [2.45, 2.75) is 25.9 Å². The summed E-state index contributed by atoms with van der Waals surface area (Å²) in [6, 6.07) is 24.4. The molecule has 1 aliphatic rings. The van der Waals surface area contributed by atoms with Crippen LogP contribution in [0.25, 0.3) is 0 Å². The molecule has 0 saturated heterocycles. The molecule has 0 spiro atoms. The van der Waals surface area contributed by atoms with Crippen LogP contribution in [-0.4, -0.2) is 23.4 Å². The molecule has 0 saturated carbocycles. The Hall–Kier alpha value is -3.80. The molecule has 3 aromatic rings. The SMILES string of the molecule is CC(C)c1ccc(C2Nc3ccccc3C(=O)N2NC(=O)COc2ccccc2)cc1. The number of benzene rings is 3. The van der Waals surface area contributed by atoms with Crippen LogP contribution < -0.4 is 15.5 Å². The minimum Gasteiger partial charge on any atom is -0.484 e. The number of carbonyl (C=O) groups excluding carboxylic acids is 2. The number of amides is 2. The van der Waals surface area contributed by atoms with E-state index in [-0.39, 0.29) is 12.5 Å². The van der Waals surface area contributed by atoms with Crippen molar-refractivity contribution in [2.75, 3.05) is 11.9 Å². The second-order valence-electron chi connectivity index (χ2n) is 7.73. The van der Waals surface area contributed by atoms with Gasteiger partial charge in [0.15, 0.2) is 6.61 Å². The first kappa shape index (κ1) is 20.5. The number of carbonyl (C=O) groups is 2. The first-order chi connectivity index (χ1) is 15.0. The van der Waals surface area contributed by atoms with E-state index in [9.17, 15) is 9.59 Å². The molecule has 2 N–H and O–H groups in total. The number of rotatable bonds is 6. The Morgan fingerprint density at radius 2 is 1.68 bits per heavy atom. The zero-order valence-electron chi connectivity index (χ0n) is 17.5. The quantitative estimate of drug-likeness (QED) is 0.622. The molecule has 2 amide bonds. The lowest BCUT2D eigenvalue weighted by molar-refractivity contribution is -0.127. The van der Waals surface area contributed by atoms with Crippen LogP contribution in [0.5, 0.6) is 5.75 Å². The van der Waals surface area contributed by atoms with Gasteiger partial charge < -0.3 is 10.1 Å². The zero-order valence-corrected chi connectivity index (χ0v) is 17.5. The van der Waals surface area contributed by atoms with E-state index in [0.717, 1.165) is 11.3 Å². The van der Waals surface area contributed by atoms with E-state index in [2.05, 4.69) is 24.6 Å². The van der Waals surface area contributed by atoms with Crippen molar-refractivity contribution in [2.24, 2.45) is 0 Å². The molecule has 0 aromatic heterocycles. The maximum absolute atomic E-state index is 13.2. The number of ether oxygens (including phenoxy) is 1. The summed E-state index contributed by atoms with van der Waals surface area (Å²) < 4.78 is 5.53. The van der Waals surface area contributed by atoms with E-state index < -0.39 is 12.1 Å². The maximum atomic E-state index is 13.2. The fourth-order valence-corrected chi connectivity index (χ4v) is 3.50. The van der Waals surface area contributed by atoms with E-state index in [1.807, 2.05) is 54.6 Å². The summed E-state index contributed by atoms with van der Waals surface area (Å²) >= 11 is 0. The highest BCUT2D eigenvalue weighted by Crippen LogP contribution is 2.32. The normalized spacial score (nSPS) is 15.3. The Morgan fingerprint density at radius 1 is 1.00 bits per heavy atom. The van der Waals surface area contributed by atoms with Gasteiger partial charge in [0.05, 0.1) is 5.56 Å². The van der Waals surface area contributed by atoms with Gasteiger partial charge in [0.25, 0.3) is 11.8 Å². The number of hydrogen-bond acceptors (Lipinski definition) is 4. The van der Waals surface area contributed by atoms with Gasteiger partial charge in [-0.1, -0.05) is 68.4 Å². The van der Waals surface area contributed by atoms with Gasteiger partial charge >= 0.3 is 0 Å². The number of nitrogens with one attached hydrogen (secondary N) is 2. The van der Waals surface area contributed by atoms with Crippen molar-refractivity contribution in [3.05, 3.63) is 95.6 Å². The van der Waals surface area contributed by atoms with E-state index >= 15 is 0 Å². The van der Waals surface area contributed by atoms with Crippen LogP contribution in [0.4, 0.5) is 5.69 Å². The van der Waals surface area contributed by atoms with Crippen molar-refractivity contribution < 1.29 is 14.3 Å². The molecule has 0 aliphatic carbocycles. The third-order valence-corrected chi connectivity index (χ3v) is 5.20. The lowest BCUT2D eigenvalue weighted by Crippen LogP contribution is -2.53. The summed E-state index contributed by atoms with van der Waals surface area (Å²) in [5.74, 6) is 0.302. The van der Waals surface area contributed by atoms with E-state index in [1.165, 1.54) is 10.6 Å². The highest BCUT2D eigenvalue weighted by Gasteiger charge is 2.34. The summed E-state index contributed by atoms with van der Waals surface area (Å²) in [6.07, 6.45) is -0.538. The van der Waals surface area contributed by atoms with Gasteiger partial charge in [-0.3, -0.25) is 15.0 Å². The molecular weight excluding hydrogens is 390 g/mol. The maximum Gasteiger partial charge on any atom is 0.276 e. The summed E-state index contributed by atoms with van der Waals surface area (Å²) in [7, 11) is 0. The van der Waals surface area contributed by atoms with Gasteiger partial charge in [-0.25, -0.2) is 5.01 Å². The van der Waals surface area contributed by atoms with Crippen LogP contribution in [-0.2, 0) is 4.79 Å². The van der Waals surface area contributed by atoms with Crippen LogP contribution in [0.15, 0.2) is 78.9 Å². The zero-order chi connectivity index (χ0) is 21.8.